The molecule has 6 aromatic carbocycles. The van der Waals surface area contributed by atoms with Crippen molar-refractivity contribution < 1.29 is 0 Å². The molecule has 0 bridgehead atoms. The molecule has 6 nitrogen and oxygen atoms in total. The van der Waals surface area contributed by atoms with Crippen molar-refractivity contribution in [3.05, 3.63) is 203 Å². The first-order valence-corrected chi connectivity index (χ1v) is 23.6. The first-order valence-electron chi connectivity index (χ1n) is 23.6. The summed E-state index contributed by atoms with van der Waals surface area (Å²) in [5.74, 6) is 0. The lowest BCUT2D eigenvalue weighted by molar-refractivity contribution is 0.925. The summed E-state index contributed by atoms with van der Waals surface area (Å²) in [6.07, 6.45) is 31.1. The summed E-state index contributed by atoms with van der Waals surface area (Å²) in [6.45, 7) is 4.17. The van der Waals surface area contributed by atoms with Crippen LogP contribution >= 0.6 is 0 Å². The van der Waals surface area contributed by atoms with E-state index in [0.29, 0.717) is 0 Å². The summed E-state index contributed by atoms with van der Waals surface area (Å²) in [5, 5.41) is 9.81. The Morgan fingerprint density at radius 1 is 0.485 bits per heavy atom. The van der Waals surface area contributed by atoms with E-state index in [1.165, 1.54) is 98.4 Å². The molecular weight excluding hydrogens is 829 g/mol. The van der Waals surface area contributed by atoms with Gasteiger partial charge in [0.25, 0.3) is 0 Å². The minimum absolute atomic E-state index is 0.944. The van der Waals surface area contributed by atoms with Gasteiger partial charge in [-0.1, -0.05) is 97.1 Å². The Labute approximate surface area is 395 Å². The first-order chi connectivity index (χ1) is 33.4. The van der Waals surface area contributed by atoms with Gasteiger partial charge in [0.05, 0.1) is 22.2 Å². The van der Waals surface area contributed by atoms with Gasteiger partial charge in [0, 0.05) is 90.5 Å². The lowest BCUT2D eigenvalue weighted by Gasteiger charge is -2.22. The highest BCUT2D eigenvalue weighted by atomic mass is 15.0. The molecule has 0 spiro atoms. The second kappa shape index (κ2) is 16.1. The van der Waals surface area contributed by atoms with E-state index in [1.54, 1.807) is 12.4 Å². The average Bonchev–Trinajstić information content (AvgIpc) is 4.03. The Kier molecular flexibility index (Phi) is 9.73. The lowest BCUT2D eigenvalue weighted by Crippen LogP contribution is -2.27. The summed E-state index contributed by atoms with van der Waals surface area (Å²) < 4.78 is 9.32. The molecule has 4 heterocycles. The van der Waals surface area contributed by atoms with Crippen molar-refractivity contribution in [1.82, 2.24) is 18.3 Å². The van der Waals surface area contributed by atoms with Crippen LogP contribution in [-0.4, -0.2) is 18.3 Å². The van der Waals surface area contributed by atoms with Crippen molar-refractivity contribution in [1.29, 1.82) is 0 Å². The van der Waals surface area contributed by atoms with Crippen LogP contribution < -0.4 is 22.0 Å². The number of benzene rings is 6. The van der Waals surface area contributed by atoms with Crippen molar-refractivity contribution in [2.24, 2.45) is 25.6 Å². The predicted octanol–water partition coefficient (Wildman–Crippen LogP) is 12.8. The standard InChI is InChI=1S/C62H52N6/c1-5-43(29-31-63)67-59-22-14-18-46-45-16-10-12-20-56(45)65(3)55(46)19-9-7-8-15-48(59)52-35-41-23-24-42-36-54-53-34-40(39-25-27-58-51(33-39)47-17-11-13-21-57(47)66(58)4)26-28-60(53)68(44(6-2)30-32-64)62(54)38-50(42)49(41)37-61(52)67/h5-22,25-38H,23-24,63-64H2,1-4H3/b8-7?,9-7+,15-8+,18-14?,19-9?,22-14-,31-29-,32-30-,43-5+,44-6+,46-18-,48-15?,55-19+,59-22?. The number of fused-ring (bicyclic) bond motifs is 15. The molecule has 10 aromatic rings. The molecule has 0 radical (unpaired) electrons. The molecule has 0 amide bonds. The van der Waals surface area contributed by atoms with Crippen LogP contribution in [0.15, 0.2) is 170 Å². The van der Waals surface area contributed by atoms with Crippen molar-refractivity contribution in [2.45, 2.75) is 26.7 Å². The maximum Gasteiger partial charge on any atom is 0.0547 e. The van der Waals surface area contributed by atoms with Crippen LogP contribution in [0.25, 0.3) is 123 Å². The van der Waals surface area contributed by atoms with E-state index in [-0.39, 0.29) is 0 Å². The molecule has 330 valence electrons. The van der Waals surface area contributed by atoms with Crippen LogP contribution in [-0.2, 0) is 26.9 Å². The number of hydrogen-bond donors (Lipinski definition) is 2. The van der Waals surface area contributed by atoms with Gasteiger partial charge >= 0.3 is 0 Å². The van der Waals surface area contributed by atoms with Gasteiger partial charge in [-0.05, 0) is 157 Å². The van der Waals surface area contributed by atoms with Gasteiger partial charge in [-0.15, -0.1) is 0 Å². The molecule has 12 rings (SSSR count). The molecule has 4 N–H and O–H groups in total. The minimum Gasteiger partial charge on any atom is -0.405 e. The van der Waals surface area contributed by atoms with Crippen LogP contribution in [0.4, 0.5) is 0 Å². The zero-order chi connectivity index (χ0) is 46.2. The van der Waals surface area contributed by atoms with E-state index >= 15 is 0 Å². The summed E-state index contributed by atoms with van der Waals surface area (Å²) in [6, 6.07) is 40.9. The fourth-order valence-electron chi connectivity index (χ4n) is 11.4. The van der Waals surface area contributed by atoms with E-state index in [0.717, 1.165) is 46.5 Å². The SMILES string of the molecule is C/C=C(\C=C/N)n1c2c(c3cc4c(cc31)-c1cc3c(cc1CC4)c1cc(-c4ccc5c(c4)c4ccccc4n5C)ccc1n3C(/C=C\N)=C/C)/C=C/C=C/C=c1\c(c3ccccc3n1C)=C/C=C\2. The zero-order valence-electron chi connectivity index (χ0n) is 38.8. The third-order valence-electron chi connectivity index (χ3n) is 14.6. The second-order valence-electron chi connectivity index (χ2n) is 18.0. The molecule has 0 fully saturated rings. The fourth-order valence-corrected chi connectivity index (χ4v) is 11.4. The lowest BCUT2D eigenvalue weighted by atomic mass is 9.83. The predicted molar refractivity (Wildman–Crippen MR) is 292 cm³/mol. The fraction of sp³-hybridized carbons (Fsp3) is 0.0968. The molecule has 0 saturated carbocycles. The summed E-state index contributed by atoms with van der Waals surface area (Å²) in [7, 11) is 4.30. The van der Waals surface area contributed by atoms with Crippen molar-refractivity contribution in [2.75, 3.05) is 0 Å². The van der Waals surface area contributed by atoms with E-state index < -0.39 is 0 Å². The summed E-state index contributed by atoms with van der Waals surface area (Å²) in [4.78, 5) is 0. The number of nitrogens with two attached hydrogens (primary N) is 2. The molecule has 0 atom stereocenters. The normalized spacial score (nSPS) is 16.7. The minimum atomic E-state index is 0.944. The number of rotatable bonds is 5. The van der Waals surface area contributed by atoms with E-state index in [1.807, 2.05) is 12.2 Å². The van der Waals surface area contributed by atoms with Crippen molar-refractivity contribution in [3.8, 4) is 22.3 Å². The van der Waals surface area contributed by atoms with Gasteiger partial charge in [-0.25, -0.2) is 0 Å². The second-order valence-corrected chi connectivity index (χ2v) is 18.0. The molecule has 2 aliphatic carbocycles. The topological polar surface area (TPSA) is 71.8 Å². The highest BCUT2D eigenvalue weighted by Crippen LogP contribution is 2.45. The highest BCUT2D eigenvalue weighted by Gasteiger charge is 2.25. The van der Waals surface area contributed by atoms with Crippen molar-refractivity contribution in [3.63, 3.8) is 0 Å². The highest BCUT2D eigenvalue weighted by molar-refractivity contribution is 6.14. The quantitative estimate of drug-likeness (QED) is 0.169. The van der Waals surface area contributed by atoms with Crippen LogP contribution in [0.1, 0.15) is 36.2 Å². The smallest absolute Gasteiger partial charge is 0.0547 e. The van der Waals surface area contributed by atoms with E-state index in [2.05, 4.69) is 216 Å². The van der Waals surface area contributed by atoms with Gasteiger partial charge in [-0.3, -0.25) is 0 Å². The van der Waals surface area contributed by atoms with Gasteiger partial charge in [-0.2, -0.15) is 0 Å². The molecular formula is C62H52N6. The molecule has 6 heteroatoms. The number of aromatic nitrogens is 4. The molecule has 0 saturated heterocycles. The molecule has 0 aliphatic heterocycles. The maximum absolute atomic E-state index is 6.19. The van der Waals surface area contributed by atoms with E-state index in [9.17, 15) is 0 Å². The van der Waals surface area contributed by atoms with Gasteiger partial charge in [0.2, 0.25) is 0 Å². The molecule has 2 aliphatic rings. The third kappa shape index (κ3) is 6.17. The van der Waals surface area contributed by atoms with Gasteiger partial charge in [0.15, 0.2) is 0 Å². The van der Waals surface area contributed by atoms with Crippen LogP contribution in [0.3, 0.4) is 0 Å². The largest absolute Gasteiger partial charge is 0.405 e. The van der Waals surface area contributed by atoms with Gasteiger partial charge in [0.1, 0.15) is 0 Å². The Balaban J connectivity index is 1.07. The Morgan fingerprint density at radius 3 is 1.75 bits per heavy atom. The number of para-hydroxylation sites is 2. The van der Waals surface area contributed by atoms with Gasteiger partial charge < -0.3 is 29.7 Å². The Bertz CT molecular complexity index is 4140. The van der Waals surface area contributed by atoms with Crippen LogP contribution in [0, 0.1) is 0 Å². The average molecular weight is 881 g/mol. The maximum atomic E-state index is 6.19. The summed E-state index contributed by atoms with van der Waals surface area (Å²) in [5.41, 5.74) is 31.4. The van der Waals surface area contributed by atoms with E-state index in [4.69, 9.17) is 11.5 Å². The third-order valence-corrected chi connectivity index (χ3v) is 14.6. The molecule has 68 heavy (non-hydrogen) atoms. The number of nitrogens with zero attached hydrogens (tertiary/aromatic N) is 4. The van der Waals surface area contributed by atoms with Crippen LogP contribution in [0.5, 0.6) is 0 Å². The number of aryl methyl sites for hydroxylation is 4. The Hall–Kier alpha value is -8.48. The molecule has 4 aromatic heterocycles. The molecule has 0 unspecified atom stereocenters. The zero-order valence-corrected chi connectivity index (χ0v) is 38.8. The monoisotopic (exact) mass is 880 g/mol. The number of allylic oxidation sites excluding steroid dienone is 10. The van der Waals surface area contributed by atoms with Crippen molar-refractivity contribution >= 4 is 101 Å². The van der Waals surface area contributed by atoms with Crippen LogP contribution in [0.2, 0.25) is 0 Å². The number of hydrogen-bond acceptors (Lipinski definition) is 2. The summed E-state index contributed by atoms with van der Waals surface area (Å²) >= 11 is 0. The first kappa shape index (κ1) is 41.0. The Morgan fingerprint density at radius 2 is 1.06 bits per heavy atom.